The summed E-state index contributed by atoms with van der Waals surface area (Å²) in [5, 5.41) is 5.70. The summed E-state index contributed by atoms with van der Waals surface area (Å²) in [6, 6.07) is 20.9. The summed E-state index contributed by atoms with van der Waals surface area (Å²) in [7, 11) is 0. The van der Waals surface area contributed by atoms with Gasteiger partial charge >= 0.3 is 0 Å². The predicted octanol–water partition coefficient (Wildman–Crippen LogP) is 4.99. The minimum Gasteiger partial charge on any atom is -0.494 e. The highest BCUT2D eigenvalue weighted by Gasteiger charge is 2.13. The summed E-state index contributed by atoms with van der Waals surface area (Å²) in [5.74, 6) is 0.662. The van der Waals surface area contributed by atoms with E-state index in [0.717, 1.165) is 0 Å². The Hall–Kier alpha value is -3.80. The third-order valence-corrected chi connectivity index (χ3v) is 4.24. The molecule has 3 rings (SSSR count). The van der Waals surface area contributed by atoms with E-state index in [0.29, 0.717) is 47.2 Å². The molecule has 0 aliphatic rings. The van der Waals surface area contributed by atoms with E-state index in [2.05, 4.69) is 10.6 Å². The average Bonchev–Trinajstić information content (AvgIpc) is 2.76. The molecule has 0 radical (unpaired) electrons. The number of anilines is 2. The van der Waals surface area contributed by atoms with Gasteiger partial charge in [-0.3, -0.25) is 9.59 Å². The Labute approximate surface area is 175 Å². The Morgan fingerprint density at radius 3 is 1.50 bits per heavy atom. The Morgan fingerprint density at radius 2 is 1.10 bits per heavy atom. The van der Waals surface area contributed by atoms with Gasteiger partial charge in [-0.2, -0.15) is 0 Å². The fourth-order valence-electron chi connectivity index (χ4n) is 2.88. The fourth-order valence-corrected chi connectivity index (χ4v) is 2.88. The largest absolute Gasteiger partial charge is 0.494 e. The summed E-state index contributed by atoms with van der Waals surface area (Å²) in [5.41, 5.74) is 1.93. The van der Waals surface area contributed by atoms with Crippen LogP contribution in [0.3, 0.4) is 0 Å². The third kappa shape index (κ3) is 5.38. The number of ether oxygens (including phenoxy) is 2. The van der Waals surface area contributed by atoms with Crippen molar-refractivity contribution >= 4 is 23.2 Å². The molecule has 2 amide bonds. The van der Waals surface area contributed by atoms with Crippen molar-refractivity contribution in [3.05, 3.63) is 83.9 Å². The molecule has 0 saturated carbocycles. The number of amides is 2. The standard InChI is InChI=1S/C24H24N2O4/c1-3-29-19-11-7-9-17(15-19)23(27)25-21-13-5-6-14-22(21)26-24(28)18-10-8-12-20(16-18)30-4-2/h5-16H,3-4H2,1-2H3,(H,25,27)(H,26,28). The van der Waals surface area contributed by atoms with Gasteiger partial charge in [-0.1, -0.05) is 24.3 Å². The molecule has 0 heterocycles. The first kappa shape index (κ1) is 20.9. The van der Waals surface area contributed by atoms with Crippen LogP contribution in [0.5, 0.6) is 11.5 Å². The molecule has 0 aromatic heterocycles. The lowest BCUT2D eigenvalue weighted by atomic mass is 10.1. The number of hydrogen-bond donors (Lipinski definition) is 2. The molecular formula is C24H24N2O4. The summed E-state index contributed by atoms with van der Waals surface area (Å²) < 4.78 is 10.9. The molecule has 0 aliphatic heterocycles. The molecular weight excluding hydrogens is 380 g/mol. The molecule has 2 N–H and O–H groups in total. The first-order valence-electron chi connectivity index (χ1n) is 9.78. The van der Waals surface area contributed by atoms with Crippen molar-refractivity contribution in [2.75, 3.05) is 23.8 Å². The number of rotatable bonds is 8. The van der Waals surface area contributed by atoms with Gasteiger partial charge < -0.3 is 20.1 Å². The van der Waals surface area contributed by atoms with Gasteiger partial charge in [0.05, 0.1) is 24.6 Å². The smallest absolute Gasteiger partial charge is 0.255 e. The molecule has 0 atom stereocenters. The van der Waals surface area contributed by atoms with Gasteiger partial charge in [0.25, 0.3) is 11.8 Å². The normalized spacial score (nSPS) is 10.2. The molecule has 3 aromatic rings. The van der Waals surface area contributed by atoms with Crippen molar-refractivity contribution in [3.8, 4) is 11.5 Å². The minimum absolute atomic E-state index is 0.295. The molecule has 0 unspecified atom stereocenters. The van der Waals surface area contributed by atoms with E-state index in [-0.39, 0.29) is 11.8 Å². The SMILES string of the molecule is CCOc1cccc(C(=O)Nc2ccccc2NC(=O)c2cccc(OCC)c2)c1. The summed E-state index contributed by atoms with van der Waals surface area (Å²) in [6.07, 6.45) is 0. The lowest BCUT2D eigenvalue weighted by Gasteiger charge is -2.13. The van der Waals surface area contributed by atoms with Crippen LogP contribution in [0.4, 0.5) is 11.4 Å². The molecule has 30 heavy (non-hydrogen) atoms. The maximum Gasteiger partial charge on any atom is 0.255 e. The summed E-state index contributed by atoms with van der Waals surface area (Å²) in [4.78, 5) is 25.4. The second kappa shape index (κ2) is 10.1. The van der Waals surface area contributed by atoms with E-state index < -0.39 is 0 Å². The van der Waals surface area contributed by atoms with Crippen LogP contribution in [0.25, 0.3) is 0 Å². The molecule has 0 spiro atoms. The van der Waals surface area contributed by atoms with Gasteiger partial charge in [0.2, 0.25) is 0 Å². The van der Waals surface area contributed by atoms with E-state index in [1.54, 1.807) is 72.8 Å². The first-order chi connectivity index (χ1) is 14.6. The van der Waals surface area contributed by atoms with Crippen LogP contribution < -0.4 is 20.1 Å². The van der Waals surface area contributed by atoms with Crippen LogP contribution in [-0.4, -0.2) is 25.0 Å². The second-order valence-corrected chi connectivity index (χ2v) is 6.38. The quantitative estimate of drug-likeness (QED) is 0.555. The first-order valence-corrected chi connectivity index (χ1v) is 9.78. The van der Waals surface area contributed by atoms with Gasteiger partial charge in [0, 0.05) is 11.1 Å². The van der Waals surface area contributed by atoms with Crippen molar-refractivity contribution in [1.82, 2.24) is 0 Å². The van der Waals surface area contributed by atoms with Crippen LogP contribution >= 0.6 is 0 Å². The van der Waals surface area contributed by atoms with Crippen molar-refractivity contribution in [3.63, 3.8) is 0 Å². The topological polar surface area (TPSA) is 76.7 Å². The second-order valence-electron chi connectivity index (χ2n) is 6.38. The highest BCUT2D eigenvalue weighted by atomic mass is 16.5. The van der Waals surface area contributed by atoms with E-state index >= 15 is 0 Å². The monoisotopic (exact) mass is 404 g/mol. The number of para-hydroxylation sites is 2. The average molecular weight is 404 g/mol. The van der Waals surface area contributed by atoms with Crippen LogP contribution in [0, 0.1) is 0 Å². The number of hydrogen-bond acceptors (Lipinski definition) is 4. The van der Waals surface area contributed by atoms with Crippen LogP contribution in [-0.2, 0) is 0 Å². The number of carbonyl (C=O) groups is 2. The molecule has 0 aliphatic carbocycles. The number of nitrogens with one attached hydrogen (secondary N) is 2. The minimum atomic E-state index is -0.295. The zero-order valence-electron chi connectivity index (χ0n) is 17.0. The van der Waals surface area contributed by atoms with Gasteiger partial charge in [0.1, 0.15) is 11.5 Å². The summed E-state index contributed by atoms with van der Waals surface area (Å²) in [6.45, 7) is 4.81. The molecule has 0 fully saturated rings. The number of carbonyl (C=O) groups excluding carboxylic acids is 2. The zero-order chi connectivity index (χ0) is 21.3. The molecule has 6 heteroatoms. The van der Waals surface area contributed by atoms with E-state index in [9.17, 15) is 9.59 Å². The molecule has 6 nitrogen and oxygen atoms in total. The van der Waals surface area contributed by atoms with Crippen molar-refractivity contribution in [2.45, 2.75) is 13.8 Å². The Balaban J connectivity index is 1.76. The molecule has 0 bridgehead atoms. The summed E-state index contributed by atoms with van der Waals surface area (Å²) >= 11 is 0. The maximum absolute atomic E-state index is 12.7. The lowest BCUT2D eigenvalue weighted by Crippen LogP contribution is -2.17. The number of benzene rings is 3. The van der Waals surface area contributed by atoms with Gasteiger partial charge in [-0.15, -0.1) is 0 Å². The molecule has 0 saturated heterocycles. The zero-order valence-corrected chi connectivity index (χ0v) is 17.0. The highest BCUT2D eigenvalue weighted by Crippen LogP contribution is 2.24. The van der Waals surface area contributed by atoms with E-state index in [1.807, 2.05) is 13.8 Å². The predicted molar refractivity (Wildman–Crippen MR) is 118 cm³/mol. The van der Waals surface area contributed by atoms with Crippen LogP contribution in [0.2, 0.25) is 0 Å². The van der Waals surface area contributed by atoms with E-state index in [1.165, 1.54) is 0 Å². The van der Waals surface area contributed by atoms with Crippen molar-refractivity contribution in [1.29, 1.82) is 0 Å². The van der Waals surface area contributed by atoms with Crippen molar-refractivity contribution < 1.29 is 19.1 Å². The molecule has 154 valence electrons. The van der Waals surface area contributed by atoms with Crippen LogP contribution in [0.15, 0.2) is 72.8 Å². The highest BCUT2D eigenvalue weighted by molar-refractivity contribution is 6.10. The van der Waals surface area contributed by atoms with E-state index in [4.69, 9.17) is 9.47 Å². The van der Waals surface area contributed by atoms with Gasteiger partial charge in [-0.05, 0) is 62.4 Å². The third-order valence-electron chi connectivity index (χ3n) is 4.24. The Morgan fingerprint density at radius 1 is 0.667 bits per heavy atom. The lowest BCUT2D eigenvalue weighted by molar-refractivity contribution is 0.101. The van der Waals surface area contributed by atoms with Crippen molar-refractivity contribution in [2.24, 2.45) is 0 Å². The fraction of sp³-hybridized carbons (Fsp3) is 0.167. The maximum atomic E-state index is 12.7. The molecule has 3 aromatic carbocycles. The Kier molecular flexibility index (Phi) is 7.05. The Bertz CT molecular complexity index is 950. The van der Waals surface area contributed by atoms with Gasteiger partial charge in [-0.25, -0.2) is 0 Å². The van der Waals surface area contributed by atoms with Gasteiger partial charge in [0.15, 0.2) is 0 Å². The van der Waals surface area contributed by atoms with Crippen LogP contribution in [0.1, 0.15) is 34.6 Å².